The SMILES string of the molecule is CCOCC(COc1cccc2ccccc12)N1CCCCC1. The highest BCUT2D eigenvalue weighted by Gasteiger charge is 2.21. The highest BCUT2D eigenvalue weighted by Crippen LogP contribution is 2.25. The van der Waals surface area contributed by atoms with E-state index in [2.05, 4.69) is 54.3 Å². The lowest BCUT2D eigenvalue weighted by atomic mass is 10.1. The first-order chi connectivity index (χ1) is 11.4. The standard InChI is InChI=1S/C20H27NO2/c1-2-22-15-18(21-13-6-3-7-14-21)16-23-20-12-8-10-17-9-4-5-11-19(17)20/h4-5,8-12,18H,2-3,6-7,13-16H2,1H3. The topological polar surface area (TPSA) is 21.7 Å². The lowest BCUT2D eigenvalue weighted by Gasteiger charge is -2.34. The molecule has 1 heterocycles. The molecule has 1 aliphatic rings. The molecule has 0 saturated carbocycles. The molecular formula is C20H27NO2. The summed E-state index contributed by atoms with van der Waals surface area (Å²) in [6.45, 7) is 6.58. The van der Waals surface area contributed by atoms with Crippen LogP contribution in [0.4, 0.5) is 0 Å². The number of piperidine rings is 1. The summed E-state index contributed by atoms with van der Waals surface area (Å²) in [6, 6.07) is 15.0. The summed E-state index contributed by atoms with van der Waals surface area (Å²) in [4.78, 5) is 2.53. The van der Waals surface area contributed by atoms with Crippen LogP contribution in [-0.4, -0.2) is 43.9 Å². The van der Waals surface area contributed by atoms with Gasteiger partial charge in [-0.3, -0.25) is 4.90 Å². The van der Waals surface area contributed by atoms with Crippen molar-refractivity contribution in [2.75, 3.05) is 32.9 Å². The van der Waals surface area contributed by atoms with Crippen LogP contribution >= 0.6 is 0 Å². The Hall–Kier alpha value is -1.58. The van der Waals surface area contributed by atoms with Crippen molar-refractivity contribution in [2.24, 2.45) is 0 Å². The van der Waals surface area contributed by atoms with Crippen molar-refractivity contribution in [1.29, 1.82) is 0 Å². The number of likely N-dealkylation sites (tertiary alicyclic amines) is 1. The molecule has 1 atom stereocenters. The van der Waals surface area contributed by atoms with Gasteiger partial charge in [0.05, 0.1) is 12.6 Å². The first kappa shape index (κ1) is 16.3. The second-order valence-corrected chi connectivity index (χ2v) is 6.20. The normalized spacial score (nSPS) is 17.3. The van der Waals surface area contributed by atoms with Gasteiger partial charge < -0.3 is 9.47 Å². The molecule has 3 nitrogen and oxygen atoms in total. The van der Waals surface area contributed by atoms with Crippen LogP contribution in [0.3, 0.4) is 0 Å². The number of rotatable bonds is 7. The molecule has 0 amide bonds. The van der Waals surface area contributed by atoms with E-state index >= 15 is 0 Å². The van der Waals surface area contributed by atoms with E-state index in [4.69, 9.17) is 9.47 Å². The van der Waals surface area contributed by atoms with E-state index in [1.807, 2.05) is 0 Å². The highest BCUT2D eigenvalue weighted by molar-refractivity contribution is 5.88. The van der Waals surface area contributed by atoms with E-state index in [1.54, 1.807) is 0 Å². The number of fused-ring (bicyclic) bond motifs is 1. The monoisotopic (exact) mass is 313 g/mol. The summed E-state index contributed by atoms with van der Waals surface area (Å²) < 4.78 is 11.9. The predicted octanol–water partition coefficient (Wildman–Crippen LogP) is 4.11. The number of hydrogen-bond acceptors (Lipinski definition) is 3. The van der Waals surface area contributed by atoms with Crippen molar-refractivity contribution in [2.45, 2.75) is 32.2 Å². The fraction of sp³-hybridized carbons (Fsp3) is 0.500. The zero-order valence-electron chi connectivity index (χ0n) is 14.0. The Kier molecular flexibility index (Phi) is 5.89. The van der Waals surface area contributed by atoms with Crippen LogP contribution in [0.2, 0.25) is 0 Å². The Morgan fingerprint density at radius 3 is 2.57 bits per heavy atom. The van der Waals surface area contributed by atoms with Crippen molar-refractivity contribution in [1.82, 2.24) is 4.90 Å². The third-order valence-electron chi connectivity index (χ3n) is 4.60. The quantitative estimate of drug-likeness (QED) is 0.768. The molecule has 0 radical (unpaired) electrons. The molecule has 1 unspecified atom stereocenters. The molecule has 1 saturated heterocycles. The van der Waals surface area contributed by atoms with Gasteiger partial charge in [-0.25, -0.2) is 0 Å². The summed E-state index contributed by atoms with van der Waals surface area (Å²) in [7, 11) is 0. The molecule has 124 valence electrons. The predicted molar refractivity (Wildman–Crippen MR) is 95.1 cm³/mol. The van der Waals surface area contributed by atoms with E-state index in [-0.39, 0.29) is 0 Å². The number of benzene rings is 2. The van der Waals surface area contributed by atoms with Gasteiger partial charge in [0.15, 0.2) is 0 Å². The minimum atomic E-state index is 0.342. The maximum Gasteiger partial charge on any atom is 0.127 e. The van der Waals surface area contributed by atoms with Gasteiger partial charge in [0.2, 0.25) is 0 Å². The molecule has 23 heavy (non-hydrogen) atoms. The molecule has 0 aliphatic carbocycles. The Bertz CT molecular complexity index is 602. The number of hydrogen-bond donors (Lipinski definition) is 0. The van der Waals surface area contributed by atoms with Gasteiger partial charge in [-0.05, 0) is 44.3 Å². The molecule has 0 aromatic heterocycles. The van der Waals surface area contributed by atoms with Gasteiger partial charge in [-0.15, -0.1) is 0 Å². The van der Waals surface area contributed by atoms with Crippen molar-refractivity contribution >= 4 is 10.8 Å². The fourth-order valence-corrected chi connectivity index (χ4v) is 3.30. The van der Waals surface area contributed by atoms with E-state index in [1.165, 1.54) is 30.0 Å². The first-order valence-corrected chi connectivity index (χ1v) is 8.81. The molecule has 0 bridgehead atoms. The third-order valence-corrected chi connectivity index (χ3v) is 4.60. The summed E-state index contributed by atoms with van der Waals surface area (Å²) in [5.41, 5.74) is 0. The second kappa shape index (κ2) is 8.32. The van der Waals surface area contributed by atoms with Gasteiger partial charge in [-0.2, -0.15) is 0 Å². The van der Waals surface area contributed by atoms with Crippen molar-refractivity contribution < 1.29 is 9.47 Å². The number of ether oxygens (including phenoxy) is 2. The van der Waals surface area contributed by atoms with E-state index in [9.17, 15) is 0 Å². The van der Waals surface area contributed by atoms with Gasteiger partial charge in [0.25, 0.3) is 0 Å². The Morgan fingerprint density at radius 1 is 0.957 bits per heavy atom. The van der Waals surface area contributed by atoms with Gasteiger partial charge in [0.1, 0.15) is 12.4 Å². The molecule has 1 fully saturated rings. The maximum absolute atomic E-state index is 6.21. The van der Waals surface area contributed by atoms with Crippen molar-refractivity contribution in [3.8, 4) is 5.75 Å². The third kappa shape index (κ3) is 4.24. The molecule has 2 aromatic carbocycles. The highest BCUT2D eigenvalue weighted by atomic mass is 16.5. The summed E-state index contributed by atoms with van der Waals surface area (Å²) in [5.74, 6) is 0.974. The molecular weight excluding hydrogens is 286 g/mol. The molecule has 3 rings (SSSR count). The molecule has 2 aromatic rings. The van der Waals surface area contributed by atoms with Crippen molar-refractivity contribution in [3.05, 3.63) is 42.5 Å². The lowest BCUT2D eigenvalue weighted by molar-refractivity contribution is 0.0328. The maximum atomic E-state index is 6.21. The largest absolute Gasteiger partial charge is 0.491 e. The van der Waals surface area contributed by atoms with Gasteiger partial charge in [0, 0.05) is 12.0 Å². The molecule has 3 heteroatoms. The zero-order valence-corrected chi connectivity index (χ0v) is 14.0. The minimum absolute atomic E-state index is 0.342. The number of nitrogens with zero attached hydrogens (tertiary/aromatic N) is 1. The minimum Gasteiger partial charge on any atom is -0.491 e. The smallest absolute Gasteiger partial charge is 0.127 e. The summed E-state index contributed by atoms with van der Waals surface area (Å²) >= 11 is 0. The Morgan fingerprint density at radius 2 is 1.74 bits per heavy atom. The molecule has 0 N–H and O–H groups in total. The van der Waals surface area contributed by atoms with Crippen LogP contribution in [0.5, 0.6) is 5.75 Å². The summed E-state index contributed by atoms with van der Waals surface area (Å²) in [6.07, 6.45) is 3.93. The van der Waals surface area contributed by atoms with E-state index < -0.39 is 0 Å². The second-order valence-electron chi connectivity index (χ2n) is 6.20. The molecule has 1 aliphatic heterocycles. The van der Waals surface area contributed by atoms with Crippen LogP contribution in [0, 0.1) is 0 Å². The lowest BCUT2D eigenvalue weighted by Crippen LogP contribution is -2.45. The van der Waals surface area contributed by atoms with Crippen LogP contribution in [-0.2, 0) is 4.74 Å². The molecule has 0 spiro atoms. The first-order valence-electron chi connectivity index (χ1n) is 8.81. The van der Waals surface area contributed by atoms with Crippen LogP contribution in [0.25, 0.3) is 10.8 Å². The van der Waals surface area contributed by atoms with E-state index in [0.717, 1.165) is 32.1 Å². The van der Waals surface area contributed by atoms with Gasteiger partial charge >= 0.3 is 0 Å². The Balaban J connectivity index is 1.69. The van der Waals surface area contributed by atoms with Crippen LogP contribution in [0.1, 0.15) is 26.2 Å². The average Bonchev–Trinajstić information content (AvgIpc) is 2.62. The van der Waals surface area contributed by atoms with Crippen LogP contribution < -0.4 is 4.74 Å². The van der Waals surface area contributed by atoms with Gasteiger partial charge in [-0.1, -0.05) is 42.8 Å². The average molecular weight is 313 g/mol. The summed E-state index contributed by atoms with van der Waals surface area (Å²) in [5, 5.41) is 2.41. The van der Waals surface area contributed by atoms with E-state index in [0.29, 0.717) is 12.6 Å². The van der Waals surface area contributed by atoms with Crippen LogP contribution in [0.15, 0.2) is 42.5 Å². The fourth-order valence-electron chi connectivity index (χ4n) is 3.30. The zero-order chi connectivity index (χ0) is 15.9. The van der Waals surface area contributed by atoms with Crippen molar-refractivity contribution in [3.63, 3.8) is 0 Å². The Labute approximate surface area is 139 Å².